The average molecular weight is 408 g/mol. The molecule has 1 amide bonds. The van der Waals surface area contributed by atoms with Gasteiger partial charge in [0.1, 0.15) is 11.2 Å². The van der Waals surface area contributed by atoms with Gasteiger partial charge in [0.2, 0.25) is 5.88 Å². The molecule has 0 aliphatic carbocycles. The summed E-state index contributed by atoms with van der Waals surface area (Å²) in [6.07, 6.45) is 2.38. The van der Waals surface area contributed by atoms with Crippen LogP contribution in [0.4, 0.5) is 10.5 Å². The Morgan fingerprint density at radius 1 is 1.27 bits per heavy atom. The van der Waals surface area contributed by atoms with Crippen LogP contribution in [0.1, 0.15) is 19.8 Å². The van der Waals surface area contributed by atoms with Crippen LogP contribution in [0.15, 0.2) is 53.5 Å². The lowest BCUT2D eigenvalue weighted by molar-refractivity contribution is 0.155. The highest BCUT2D eigenvalue weighted by atomic mass is 16.5. The summed E-state index contributed by atoms with van der Waals surface area (Å²) in [6, 6.07) is 13.0. The Bertz CT molecular complexity index is 1110. The zero-order valence-corrected chi connectivity index (χ0v) is 16.7. The minimum atomic E-state index is -0.890. The van der Waals surface area contributed by atoms with Gasteiger partial charge in [-0.15, -0.1) is 0 Å². The number of carbonyl (C=O) groups is 1. The first-order chi connectivity index (χ1) is 14.6. The van der Waals surface area contributed by atoms with Crippen LogP contribution in [0.5, 0.6) is 5.88 Å². The van der Waals surface area contributed by atoms with Gasteiger partial charge in [-0.05, 0) is 42.7 Å². The van der Waals surface area contributed by atoms with Crippen LogP contribution in [-0.2, 0) is 0 Å². The molecule has 0 spiro atoms. The molecule has 1 aromatic carbocycles. The molecule has 8 nitrogen and oxygen atoms in total. The van der Waals surface area contributed by atoms with Crippen LogP contribution in [0.2, 0.25) is 0 Å². The van der Waals surface area contributed by atoms with Crippen molar-refractivity contribution in [2.75, 3.05) is 25.0 Å². The molecule has 30 heavy (non-hydrogen) atoms. The van der Waals surface area contributed by atoms with Crippen LogP contribution < -0.4 is 15.6 Å². The highest BCUT2D eigenvalue weighted by molar-refractivity contribution is 5.71. The number of pyridine rings is 1. The largest absolute Gasteiger partial charge is 0.477 e. The maximum atomic E-state index is 13.1. The van der Waals surface area contributed by atoms with Crippen LogP contribution >= 0.6 is 0 Å². The molecule has 1 saturated heterocycles. The van der Waals surface area contributed by atoms with Crippen LogP contribution in [0, 0.1) is 0 Å². The minimum absolute atomic E-state index is 0.0726. The first-order valence-corrected chi connectivity index (χ1v) is 10.1. The zero-order valence-electron chi connectivity index (χ0n) is 16.7. The number of carboxylic acid groups (broad SMARTS) is 1. The summed E-state index contributed by atoms with van der Waals surface area (Å²) in [6.45, 7) is 3.47. The predicted molar refractivity (Wildman–Crippen MR) is 114 cm³/mol. The molecular weight excluding hydrogens is 384 g/mol. The minimum Gasteiger partial charge on any atom is -0.477 e. The number of likely N-dealkylation sites (tertiary alicyclic amines) is 1. The second-order valence-electron chi connectivity index (χ2n) is 7.31. The van der Waals surface area contributed by atoms with E-state index in [1.165, 1.54) is 9.30 Å². The lowest BCUT2D eigenvalue weighted by Gasteiger charge is -2.16. The number of hydrogen-bond acceptors (Lipinski definition) is 5. The normalized spacial score (nSPS) is 16.0. The summed E-state index contributed by atoms with van der Waals surface area (Å²) in [5.74, 6) is 0.335. The lowest BCUT2D eigenvalue weighted by Crippen LogP contribution is -2.30. The van der Waals surface area contributed by atoms with Crippen LogP contribution in [0.3, 0.4) is 0 Å². The van der Waals surface area contributed by atoms with Crippen molar-refractivity contribution in [3.8, 4) is 17.0 Å². The number of nitrogens with zero attached hydrogens (tertiary/aromatic N) is 3. The van der Waals surface area contributed by atoms with E-state index in [1.807, 2.05) is 37.3 Å². The zero-order chi connectivity index (χ0) is 21.1. The van der Waals surface area contributed by atoms with Gasteiger partial charge in [-0.2, -0.15) is 4.98 Å². The van der Waals surface area contributed by atoms with E-state index in [2.05, 4.69) is 10.3 Å². The first kappa shape index (κ1) is 19.8. The molecule has 3 aromatic rings. The fourth-order valence-electron chi connectivity index (χ4n) is 3.64. The highest BCUT2D eigenvalue weighted by Gasteiger charge is 2.25. The van der Waals surface area contributed by atoms with Gasteiger partial charge >= 0.3 is 6.09 Å². The number of amides is 1. The Morgan fingerprint density at radius 2 is 2.07 bits per heavy atom. The smallest absolute Gasteiger partial charge is 0.407 e. The molecule has 0 saturated carbocycles. The molecule has 2 aromatic heterocycles. The van der Waals surface area contributed by atoms with Crippen molar-refractivity contribution < 1.29 is 14.6 Å². The van der Waals surface area contributed by atoms with E-state index in [1.54, 1.807) is 18.3 Å². The van der Waals surface area contributed by atoms with Crippen molar-refractivity contribution in [1.82, 2.24) is 14.3 Å². The molecule has 2 N–H and O–H groups in total. The number of aromatic nitrogens is 2. The van der Waals surface area contributed by atoms with Crippen molar-refractivity contribution in [3.05, 3.63) is 59.0 Å². The number of benzene rings is 1. The van der Waals surface area contributed by atoms with Crippen molar-refractivity contribution in [2.45, 2.75) is 25.8 Å². The highest BCUT2D eigenvalue weighted by Crippen LogP contribution is 2.27. The number of fused-ring (bicyclic) bond motifs is 1. The van der Waals surface area contributed by atoms with E-state index in [4.69, 9.17) is 9.84 Å². The Balaban J connectivity index is 1.62. The molecule has 1 aliphatic rings. The summed E-state index contributed by atoms with van der Waals surface area (Å²) >= 11 is 0. The molecular formula is C22H24N4O4. The number of ether oxygens (including phenoxy) is 1. The molecule has 0 bridgehead atoms. The van der Waals surface area contributed by atoms with Gasteiger partial charge in [0.15, 0.2) is 0 Å². The SMILES string of the molecule is CCCOc1nc2ccccn2c(=O)c1-c1ccc(NC2CCN(C(=O)O)C2)cc1. The molecule has 156 valence electrons. The molecule has 8 heteroatoms. The Labute approximate surface area is 173 Å². The monoisotopic (exact) mass is 408 g/mol. The molecule has 4 rings (SSSR count). The van der Waals surface area contributed by atoms with Crippen molar-refractivity contribution in [3.63, 3.8) is 0 Å². The molecule has 1 fully saturated rings. The average Bonchev–Trinajstić information content (AvgIpc) is 3.22. The topological polar surface area (TPSA) is 96.2 Å². The summed E-state index contributed by atoms with van der Waals surface area (Å²) in [7, 11) is 0. The van der Waals surface area contributed by atoms with E-state index >= 15 is 0 Å². The second-order valence-corrected chi connectivity index (χ2v) is 7.31. The van der Waals surface area contributed by atoms with E-state index < -0.39 is 6.09 Å². The predicted octanol–water partition coefficient (Wildman–Crippen LogP) is 3.31. The number of nitrogens with one attached hydrogen (secondary N) is 1. The Kier molecular flexibility index (Phi) is 5.56. The van der Waals surface area contributed by atoms with Crippen LogP contribution in [-0.4, -0.2) is 51.2 Å². The maximum Gasteiger partial charge on any atom is 0.407 e. The van der Waals surface area contributed by atoms with Gasteiger partial charge in [0.25, 0.3) is 5.56 Å². The van der Waals surface area contributed by atoms with Gasteiger partial charge in [-0.3, -0.25) is 9.20 Å². The molecule has 3 heterocycles. The van der Waals surface area contributed by atoms with E-state index in [9.17, 15) is 9.59 Å². The standard InChI is InChI=1S/C22H24N4O4/c1-2-13-30-20-19(21(27)26-11-4-3-5-18(26)24-20)15-6-8-16(9-7-15)23-17-10-12-25(14-17)22(28)29/h3-9,11,17,23H,2,10,12-14H2,1H3,(H,28,29). The lowest BCUT2D eigenvalue weighted by atomic mass is 10.1. The summed E-state index contributed by atoms with van der Waals surface area (Å²) in [5.41, 5.74) is 2.39. The molecule has 1 atom stereocenters. The van der Waals surface area contributed by atoms with Gasteiger partial charge < -0.3 is 20.1 Å². The number of anilines is 1. The van der Waals surface area contributed by atoms with Gasteiger partial charge in [-0.1, -0.05) is 25.1 Å². The van der Waals surface area contributed by atoms with Crippen LogP contribution in [0.25, 0.3) is 16.8 Å². The summed E-state index contributed by atoms with van der Waals surface area (Å²) in [4.78, 5) is 30.2. The molecule has 1 aliphatic heterocycles. The fourth-order valence-corrected chi connectivity index (χ4v) is 3.64. The maximum absolute atomic E-state index is 13.1. The van der Waals surface area contributed by atoms with Crippen molar-refractivity contribution in [1.29, 1.82) is 0 Å². The van der Waals surface area contributed by atoms with Crippen molar-refractivity contribution in [2.24, 2.45) is 0 Å². The molecule has 0 radical (unpaired) electrons. The third kappa shape index (κ3) is 3.94. The van der Waals surface area contributed by atoms with Gasteiger partial charge in [-0.25, -0.2) is 4.79 Å². The third-order valence-electron chi connectivity index (χ3n) is 5.15. The van der Waals surface area contributed by atoms with E-state index in [0.29, 0.717) is 36.8 Å². The first-order valence-electron chi connectivity index (χ1n) is 10.1. The molecule has 1 unspecified atom stereocenters. The number of hydrogen-bond donors (Lipinski definition) is 2. The fraction of sp³-hybridized carbons (Fsp3) is 0.318. The van der Waals surface area contributed by atoms with Gasteiger partial charge in [0.05, 0.1) is 6.61 Å². The van der Waals surface area contributed by atoms with E-state index in [-0.39, 0.29) is 11.6 Å². The second kappa shape index (κ2) is 8.44. The summed E-state index contributed by atoms with van der Waals surface area (Å²) in [5, 5.41) is 12.5. The Hall–Kier alpha value is -3.55. The third-order valence-corrected chi connectivity index (χ3v) is 5.15. The van der Waals surface area contributed by atoms with Gasteiger partial charge in [0, 0.05) is 31.0 Å². The number of rotatable bonds is 6. The quantitative estimate of drug-likeness (QED) is 0.650. The summed E-state index contributed by atoms with van der Waals surface area (Å²) < 4.78 is 7.31. The van der Waals surface area contributed by atoms with Crippen molar-refractivity contribution >= 4 is 17.4 Å². The van der Waals surface area contributed by atoms with E-state index in [0.717, 1.165) is 24.1 Å². The Morgan fingerprint density at radius 3 is 2.77 bits per heavy atom.